The third kappa shape index (κ3) is 6.24. The van der Waals surface area contributed by atoms with Crippen molar-refractivity contribution < 1.29 is 13.2 Å². The van der Waals surface area contributed by atoms with Gasteiger partial charge in [-0.2, -0.15) is 11.8 Å². The maximum absolute atomic E-state index is 12.4. The second kappa shape index (κ2) is 10.5. The van der Waals surface area contributed by atoms with Crippen LogP contribution in [0.5, 0.6) is 0 Å². The molecule has 0 saturated carbocycles. The average molecular weight is 443 g/mol. The van der Waals surface area contributed by atoms with Crippen LogP contribution in [0.1, 0.15) is 12.0 Å². The minimum atomic E-state index is -3.61. The summed E-state index contributed by atoms with van der Waals surface area (Å²) in [6.07, 6.45) is 1.96. The van der Waals surface area contributed by atoms with Gasteiger partial charge in [-0.3, -0.25) is 9.10 Å². The fourth-order valence-electron chi connectivity index (χ4n) is 3.16. The van der Waals surface area contributed by atoms with E-state index < -0.39 is 10.0 Å². The largest absolute Gasteiger partial charge is 0.354 e. The molecule has 0 fully saturated rings. The topological polar surface area (TPSA) is 66.5 Å². The van der Waals surface area contributed by atoms with E-state index >= 15 is 0 Å². The fraction of sp³-hybridized carbons (Fsp3) is 0.261. The van der Waals surface area contributed by atoms with Gasteiger partial charge in [-0.25, -0.2) is 8.42 Å². The lowest BCUT2D eigenvalue weighted by Crippen LogP contribution is -2.40. The second-order valence-electron chi connectivity index (χ2n) is 7.01. The fourth-order valence-corrected chi connectivity index (χ4v) is 4.95. The van der Waals surface area contributed by atoms with E-state index in [2.05, 4.69) is 17.4 Å². The molecule has 0 aromatic heterocycles. The lowest BCUT2D eigenvalue weighted by molar-refractivity contribution is -0.119. The molecule has 3 rings (SSSR count). The Kier molecular flexibility index (Phi) is 7.76. The third-order valence-corrected chi connectivity index (χ3v) is 6.86. The number of hydrogen-bond donors (Lipinski definition) is 1. The Morgan fingerprint density at radius 2 is 1.67 bits per heavy atom. The summed E-state index contributed by atoms with van der Waals surface area (Å²) in [5.41, 5.74) is 1.80. The maximum atomic E-state index is 12.4. The predicted octanol–water partition coefficient (Wildman–Crippen LogP) is 4.05. The molecule has 0 bridgehead atoms. The number of benzene rings is 3. The Bertz CT molecular complexity index is 1080. The summed E-state index contributed by atoms with van der Waals surface area (Å²) in [6, 6.07) is 23.3. The predicted molar refractivity (Wildman–Crippen MR) is 126 cm³/mol. The van der Waals surface area contributed by atoms with Gasteiger partial charge in [-0.1, -0.05) is 66.7 Å². The normalized spacial score (nSPS) is 11.4. The molecule has 5 nitrogen and oxygen atoms in total. The Hall–Kier alpha value is -2.51. The summed E-state index contributed by atoms with van der Waals surface area (Å²) < 4.78 is 26.0. The van der Waals surface area contributed by atoms with E-state index in [0.717, 1.165) is 35.0 Å². The first-order valence-electron chi connectivity index (χ1n) is 9.79. The van der Waals surface area contributed by atoms with E-state index in [1.165, 1.54) is 9.87 Å². The van der Waals surface area contributed by atoms with Gasteiger partial charge in [0.2, 0.25) is 15.9 Å². The van der Waals surface area contributed by atoms with Gasteiger partial charge in [0.25, 0.3) is 0 Å². The average Bonchev–Trinajstić information content (AvgIpc) is 2.74. The van der Waals surface area contributed by atoms with Crippen molar-refractivity contribution >= 4 is 44.2 Å². The van der Waals surface area contributed by atoms with Crippen LogP contribution in [0.3, 0.4) is 0 Å². The van der Waals surface area contributed by atoms with Crippen molar-refractivity contribution in [3.63, 3.8) is 0 Å². The van der Waals surface area contributed by atoms with Crippen molar-refractivity contribution in [3.8, 4) is 0 Å². The van der Waals surface area contributed by atoms with Crippen LogP contribution in [0.4, 0.5) is 5.69 Å². The van der Waals surface area contributed by atoms with E-state index in [9.17, 15) is 13.2 Å². The highest BCUT2D eigenvalue weighted by Crippen LogP contribution is 2.28. The van der Waals surface area contributed by atoms with Gasteiger partial charge < -0.3 is 5.32 Å². The molecule has 1 N–H and O–H groups in total. The van der Waals surface area contributed by atoms with E-state index in [4.69, 9.17) is 0 Å². The summed E-state index contributed by atoms with van der Waals surface area (Å²) >= 11 is 1.82. The van der Waals surface area contributed by atoms with E-state index in [0.29, 0.717) is 12.2 Å². The number of amides is 1. The Morgan fingerprint density at radius 3 is 2.43 bits per heavy atom. The van der Waals surface area contributed by atoms with Crippen LogP contribution in [0.15, 0.2) is 72.8 Å². The standard InChI is InChI=1S/C23H26N2O3S2/c1-30(27,28)25(22-14-7-12-20-11-5-6-13-21(20)22)17-23(26)24-15-8-16-29-18-19-9-3-2-4-10-19/h2-7,9-14H,8,15-18H2,1H3,(H,24,26). The number of hydrogen-bond acceptors (Lipinski definition) is 4. The van der Waals surface area contributed by atoms with Crippen molar-refractivity contribution in [2.24, 2.45) is 0 Å². The monoisotopic (exact) mass is 442 g/mol. The SMILES string of the molecule is CS(=O)(=O)N(CC(=O)NCCCSCc1ccccc1)c1cccc2ccccc12. The number of nitrogens with zero attached hydrogens (tertiary/aromatic N) is 1. The molecular weight excluding hydrogens is 416 g/mol. The Balaban J connectivity index is 1.53. The van der Waals surface area contributed by atoms with Gasteiger partial charge in [0.15, 0.2) is 0 Å². The van der Waals surface area contributed by atoms with Crippen LogP contribution in [-0.4, -0.2) is 39.4 Å². The van der Waals surface area contributed by atoms with E-state index in [1.54, 1.807) is 12.1 Å². The zero-order valence-electron chi connectivity index (χ0n) is 17.0. The smallest absolute Gasteiger partial charge is 0.240 e. The van der Waals surface area contributed by atoms with Gasteiger partial charge in [-0.15, -0.1) is 0 Å². The molecule has 0 saturated heterocycles. The summed E-state index contributed by atoms with van der Waals surface area (Å²) in [6.45, 7) is 0.289. The first-order chi connectivity index (χ1) is 14.4. The van der Waals surface area contributed by atoms with Crippen LogP contribution in [-0.2, 0) is 20.6 Å². The molecule has 0 spiro atoms. The number of carbonyl (C=O) groups excluding carboxylic acids is 1. The van der Waals surface area contributed by atoms with Crippen molar-refractivity contribution in [3.05, 3.63) is 78.4 Å². The van der Waals surface area contributed by atoms with E-state index in [1.807, 2.05) is 60.3 Å². The first-order valence-corrected chi connectivity index (χ1v) is 12.8. The minimum absolute atomic E-state index is 0.232. The zero-order valence-corrected chi connectivity index (χ0v) is 18.6. The molecular formula is C23H26N2O3S2. The number of thioether (sulfide) groups is 1. The number of rotatable bonds is 10. The Morgan fingerprint density at radius 1 is 0.967 bits per heavy atom. The summed E-state index contributed by atoms with van der Waals surface area (Å²) in [5.74, 6) is 1.56. The highest BCUT2D eigenvalue weighted by atomic mass is 32.2. The second-order valence-corrected chi connectivity index (χ2v) is 10.0. The lowest BCUT2D eigenvalue weighted by Gasteiger charge is -2.23. The molecule has 3 aromatic rings. The maximum Gasteiger partial charge on any atom is 0.240 e. The Labute approximate surface area is 182 Å². The van der Waals surface area contributed by atoms with Gasteiger partial charge in [0.1, 0.15) is 6.54 Å². The molecule has 30 heavy (non-hydrogen) atoms. The molecule has 0 aliphatic rings. The number of anilines is 1. The molecule has 0 heterocycles. The summed E-state index contributed by atoms with van der Waals surface area (Å²) in [5, 5.41) is 4.57. The molecule has 3 aromatic carbocycles. The number of fused-ring (bicyclic) bond motifs is 1. The number of sulfonamides is 1. The van der Waals surface area contributed by atoms with Gasteiger partial charge >= 0.3 is 0 Å². The molecule has 7 heteroatoms. The van der Waals surface area contributed by atoms with Crippen LogP contribution in [0.2, 0.25) is 0 Å². The zero-order chi connectivity index (χ0) is 21.4. The van der Waals surface area contributed by atoms with Crippen LogP contribution in [0.25, 0.3) is 10.8 Å². The highest BCUT2D eigenvalue weighted by molar-refractivity contribution is 7.98. The molecule has 0 radical (unpaired) electrons. The number of nitrogens with one attached hydrogen (secondary N) is 1. The molecule has 0 aliphatic carbocycles. The quantitative estimate of drug-likeness (QED) is 0.481. The van der Waals surface area contributed by atoms with Gasteiger partial charge in [0, 0.05) is 17.7 Å². The van der Waals surface area contributed by atoms with Crippen molar-refractivity contribution in [2.75, 3.05) is 29.4 Å². The van der Waals surface area contributed by atoms with Crippen molar-refractivity contribution in [1.82, 2.24) is 5.32 Å². The van der Waals surface area contributed by atoms with Crippen molar-refractivity contribution in [2.45, 2.75) is 12.2 Å². The number of carbonyl (C=O) groups is 1. The molecule has 0 aliphatic heterocycles. The van der Waals surface area contributed by atoms with Crippen LogP contribution < -0.4 is 9.62 Å². The summed E-state index contributed by atoms with van der Waals surface area (Å²) in [7, 11) is -3.61. The third-order valence-electron chi connectivity index (χ3n) is 4.62. The van der Waals surface area contributed by atoms with E-state index in [-0.39, 0.29) is 12.5 Å². The van der Waals surface area contributed by atoms with Gasteiger partial charge in [-0.05, 0) is 29.2 Å². The van der Waals surface area contributed by atoms with Crippen LogP contribution in [0, 0.1) is 0 Å². The lowest BCUT2D eigenvalue weighted by atomic mass is 10.1. The van der Waals surface area contributed by atoms with Crippen molar-refractivity contribution in [1.29, 1.82) is 0 Å². The summed E-state index contributed by atoms with van der Waals surface area (Å²) in [4.78, 5) is 12.4. The minimum Gasteiger partial charge on any atom is -0.354 e. The molecule has 0 atom stereocenters. The molecule has 158 valence electrons. The highest BCUT2D eigenvalue weighted by Gasteiger charge is 2.22. The molecule has 1 amide bonds. The first kappa shape index (κ1) is 22.2. The molecule has 0 unspecified atom stereocenters. The van der Waals surface area contributed by atoms with Gasteiger partial charge in [0.05, 0.1) is 11.9 Å². The van der Waals surface area contributed by atoms with Crippen LogP contribution >= 0.6 is 11.8 Å².